The number of nitro benzene ring substituents is 1. The van der Waals surface area contributed by atoms with E-state index in [0.717, 1.165) is 38.8 Å². The van der Waals surface area contributed by atoms with E-state index in [9.17, 15) is 14.9 Å². The largest absolute Gasteiger partial charge is 0.366 e. The molecule has 1 N–H and O–H groups in total. The van der Waals surface area contributed by atoms with E-state index in [2.05, 4.69) is 5.48 Å². The lowest BCUT2D eigenvalue weighted by Gasteiger charge is -2.22. The van der Waals surface area contributed by atoms with Crippen molar-refractivity contribution in [1.29, 1.82) is 0 Å². The number of nitrogens with zero attached hydrogens (tertiary/aromatic N) is 2. The fourth-order valence-electron chi connectivity index (χ4n) is 3.02. The molecule has 1 aromatic carbocycles. The predicted octanol–water partition coefficient (Wildman–Crippen LogP) is 2.38. The van der Waals surface area contributed by atoms with Gasteiger partial charge in [0, 0.05) is 37.7 Å². The number of hydroxylamine groups is 1. The number of rotatable bonds is 5. The maximum atomic E-state index is 12.2. The fourth-order valence-corrected chi connectivity index (χ4v) is 3.02. The Kier molecular flexibility index (Phi) is 5.27. The second-order valence-electron chi connectivity index (χ2n) is 6.00. The first-order chi connectivity index (χ1) is 11.6. The van der Waals surface area contributed by atoms with Gasteiger partial charge in [-0.2, -0.15) is 0 Å². The summed E-state index contributed by atoms with van der Waals surface area (Å²) in [4.78, 5) is 30.3. The average Bonchev–Trinajstić information content (AvgIpc) is 3.14. The Morgan fingerprint density at radius 1 is 1.29 bits per heavy atom. The quantitative estimate of drug-likeness (QED) is 0.656. The fraction of sp³-hybridized carbons (Fsp3) is 0.562. The molecule has 2 heterocycles. The van der Waals surface area contributed by atoms with Crippen LogP contribution in [0.3, 0.4) is 0 Å². The number of carbonyl (C=O) groups is 1. The minimum absolute atomic E-state index is 0.0570. The minimum atomic E-state index is -0.514. The van der Waals surface area contributed by atoms with Gasteiger partial charge in [-0.05, 0) is 37.8 Å². The first-order valence-electron chi connectivity index (χ1n) is 8.26. The minimum Gasteiger partial charge on any atom is -0.366 e. The molecule has 0 saturated carbocycles. The Labute approximate surface area is 139 Å². The zero-order chi connectivity index (χ0) is 16.9. The Hall–Kier alpha value is -2.19. The second kappa shape index (κ2) is 7.59. The maximum absolute atomic E-state index is 12.2. The smallest absolute Gasteiger partial charge is 0.293 e. The maximum Gasteiger partial charge on any atom is 0.293 e. The normalized spacial score (nSPS) is 20.8. The van der Waals surface area contributed by atoms with Gasteiger partial charge in [-0.25, -0.2) is 10.3 Å². The van der Waals surface area contributed by atoms with Crippen molar-refractivity contribution in [2.24, 2.45) is 0 Å². The number of ether oxygens (including phenoxy) is 1. The molecule has 2 aliphatic rings. The van der Waals surface area contributed by atoms with E-state index in [1.165, 1.54) is 6.07 Å². The zero-order valence-electron chi connectivity index (χ0n) is 13.4. The van der Waals surface area contributed by atoms with Gasteiger partial charge in [-0.1, -0.05) is 0 Å². The van der Waals surface area contributed by atoms with E-state index < -0.39 is 17.1 Å². The van der Waals surface area contributed by atoms with Gasteiger partial charge in [0.1, 0.15) is 5.69 Å². The summed E-state index contributed by atoms with van der Waals surface area (Å²) in [5.74, 6) is -0.514. The second-order valence-corrected chi connectivity index (χ2v) is 6.00. The number of nitro groups is 1. The first kappa shape index (κ1) is 16.7. The summed E-state index contributed by atoms with van der Waals surface area (Å²) in [7, 11) is 0. The van der Waals surface area contributed by atoms with Crippen molar-refractivity contribution in [3.63, 3.8) is 0 Å². The van der Waals surface area contributed by atoms with Crippen molar-refractivity contribution in [3.05, 3.63) is 33.9 Å². The van der Waals surface area contributed by atoms with E-state index in [0.29, 0.717) is 18.7 Å². The molecule has 0 aliphatic carbocycles. The van der Waals surface area contributed by atoms with E-state index in [1.807, 2.05) is 4.90 Å². The number of hydrogen-bond acceptors (Lipinski definition) is 6. The summed E-state index contributed by atoms with van der Waals surface area (Å²) in [5.41, 5.74) is 3.02. The molecule has 24 heavy (non-hydrogen) atoms. The molecular formula is C16H21N3O5. The highest BCUT2D eigenvalue weighted by Crippen LogP contribution is 2.31. The molecule has 0 aromatic heterocycles. The van der Waals surface area contributed by atoms with Gasteiger partial charge >= 0.3 is 0 Å². The Balaban J connectivity index is 1.69. The summed E-state index contributed by atoms with van der Waals surface area (Å²) < 4.78 is 5.36. The van der Waals surface area contributed by atoms with Crippen LogP contribution < -0.4 is 10.4 Å². The molecule has 8 heteroatoms. The molecule has 2 aliphatic heterocycles. The third-order valence-electron chi connectivity index (χ3n) is 4.30. The molecule has 1 aromatic rings. The molecule has 1 unspecified atom stereocenters. The van der Waals surface area contributed by atoms with Gasteiger partial charge in [0.25, 0.3) is 11.6 Å². The summed E-state index contributed by atoms with van der Waals surface area (Å²) in [6.45, 7) is 2.21. The summed E-state index contributed by atoms with van der Waals surface area (Å²) in [5, 5.41) is 11.4. The van der Waals surface area contributed by atoms with Gasteiger partial charge in [0.05, 0.1) is 4.92 Å². The summed E-state index contributed by atoms with van der Waals surface area (Å²) >= 11 is 0. The van der Waals surface area contributed by atoms with Crippen LogP contribution in [0.25, 0.3) is 0 Å². The number of anilines is 1. The van der Waals surface area contributed by atoms with Crippen molar-refractivity contribution >= 4 is 17.3 Å². The van der Waals surface area contributed by atoms with Gasteiger partial charge in [0.2, 0.25) is 0 Å². The van der Waals surface area contributed by atoms with Crippen molar-refractivity contribution in [3.8, 4) is 0 Å². The van der Waals surface area contributed by atoms with Crippen molar-refractivity contribution < 1.29 is 19.3 Å². The SMILES string of the molecule is O=C(NOC1CCCCO1)c1ccc(N2CCCC2)c([N+](=O)[O-])c1. The number of hydrogen-bond donors (Lipinski definition) is 1. The van der Waals surface area contributed by atoms with Crippen LogP contribution in [0.5, 0.6) is 0 Å². The van der Waals surface area contributed by atoms with Crippen LogP contribution in [0.1, 0.15) is 42.5 Å². The molecule has 8 nitrogen and oxygen atoms in total. The first-order valence-corrected chi connectivity index (χ1v) is 8.26. The third-order valence-corrected chi connectivity index (χ3v) is 4.30. The highest BCUT2D eigenvalue weighted by atomic mass is 16.8. The van der Waals surface area contributed by atoms with Gasteiger partial charge in [-0.15, -0.1) is 0 Å². The van der Waals surface area contributed by atoms with Crippen LogP contribution in [-0.4, -0.2) is 36.8 Å². The molecule has 1 atom stereocenters. The average molecular weight is 335 g/mol. The number of amides is 1. The lowest BCUT2D eigenvalue weighted by molar-refractivity contribution is -0.384. The molecular weight excluding hydrogens is 314 g/mol. The van der Waals surface area contributed by atoms with Crippen LogP contribution in [0.15, 0.2) is 18.2 Å². The van der Waals surface area contributed by atoms with Crippen molar-refractivity contribution in [2.45, 2.75) is 38.4 Å². The number of nitrogens with one attached hydrogen (secondary N) is 1. The van der Waals surface area contributed by atoms with Crippen molar-refractivity contribution in [1.82, 2.24) is 5.48 Å². The van der Waals surface area contributed by atoms with Gasteiger partial charge < -0.3 is 9.64 Å². The number of carbonyl (C=O) groups excluding carboxylic acids is 1. The lowest BCUT2D eigenvalue weighted by atomic mass is 10.1. The molecule has 1 amide bonds. The van der Waals surface area contributed by atoms with Gasteiger partial charge in [0.15, 0.2) is 6.29 Å². The molecule has 3 rings (SSSR count). The highest BCUT2D eigenvalue weighted by Gasteiger charge is 2.24. The zero-order valence-corrected chi connectivity index (χ0v) is 13.4. The van der Waals surface area contributed by atoms with Crippen molar-refractivity contribution in [2.75, 3.05) is 24.6 Å². The molecule has 0 spiro atoms. The van der Waals surface area contributed by atoms with E-state index >= 15 is 0 Å². The number of benzene rings is 1. The standard InChI is InChI=1S/C16H21N3O5/c20-16(17-24-15-5-1-4-10-23-15)12-6-7-13(14(11-12)19(21)22)18-8-2-3-9-18/h6-7,11,15H,1-5,8-10H2,(H,17,20). The van der Waals surface area contributed by atoms with Crippen LogP contribution in [0.4, 0.5) is 11.4 Å². The lowest BCUT2D eigenvalue weighted by Crippen LogP contribution is -2.33. The summed E-state index contributed by atoms with van der Waals surface area (Å²) in [6, 6.07) is 4.52. The van der Waals surface area contributed by atoms with Gasteiger partial charge in [-0.3, -0.25) is 14.9 Å². The Morgan fingerprint density at radius 3 is 2.75 bits per heavy atom. The van der Waals surface area contributed by atoms with E-state index in [1.54, 1.807) is 12.1 Å². The molecule has 2 saturated heterocycles. The third kappa shape index (κ3) is 3.82. The van der Waals surface area contributed by atoms with Crippen LogP contribution in [-0.2, 0) is 9.57 Å². The molecule has 2 fully saturated rings. The Bertz CT molecular complexity index is 610. The van der Waals surface area contributed by atoms with Crippen LogP contribution in [0.2, 0.25) is 0 Å². The molecule has 130 valence electrons. The topological polar surface area (TPSA) is 93.9 Å². The molecule has 0 bridgehead atoms. The van der Waals surface area contributed by atoms with E-state index in [4.69, 9.17) is 9.57 Å². The van der Waals surface area contributed by atoms with Crippen LogP contribution >= 0.6 is 0 Å². The van der Waals surface area contributed by atoms with E-state index in [-0.39, 0.29) is 11.3 Å². The monoisotopic (exact) mass is 335 g/mol. The Morgan fingerprint density at radius 2 is 2.08 bits per heavy atom. The highest BCUT2D eigenvalue weighted by molar-refractivity contribution is 5.95. The van der Waals surface area contributed by atoms with Crippen LogP contribution in [0, 0.1) is 10.1 Å². The summed E-state index contributed by atoms with van der Waals surface area (Å²) in [6.07, 6.45) is 4.27. The molecule has 0 radical (unpaired) electrons. The predicted molar refractivity (Wildman–Crippen MR) is 86.7 cm³/mol.